The molecule has 1 aromatic carbocycles. The average Bonchev–Trinajstić information content (AvgIpc) is 3.23. The van der Waals surface area contributed by atoms with Crippen molar-refractivity contribution >= 4 is 17.3 Å². The Morgan fingerprint density at radius 2 is 1.90 bits per heavy atom. The van der Waals surface area contributed by atoms with Crippen molar-refractivity contribution in [2.24, 2.45) is 5.73 Å². The van der Waals surface area contributed by atoms with Crippen LogP contribution in [0.1, 0.15) is 74.0 Å². The monoisotopic (exact) mass is 550 g/mol. The Labute approximate surface area is 230 Å². The zero-order valence-electron chi connectivity index (χ0n) is 22.4. The number of hydrogen-bond donors (Lipinski definition) is 2. The summed E-state index contributed by atoms with van der Waals surface area (Å²) in [5, 5.41) is 0. The van der Waals surface area contributed by atoms with E-state index in [2.05, 4.69) is 15.0 Å². The number of nitrogens with zero attached hydrogens (tertiary/aromatic N) is 4. The molecule has 4 atom stereocenters. The number of aromatic amines is 1. The second kappa shape index (κ2) is 11.5. The minimum atomic E-state index is -0.928. The van der Waals surface area contributed by atoms with Crippen LogP contribution in [0.5, 0.6) is 0 Å². The molecule has 3 aromatic heterocycles. The number of carbonyl (C=O) groups is 1. The molecule has 0 aliphatic heterocycles. The van der Waals surface area contributed by atoms with Crippen molar-refractivity contribution in [1.29, 1.82) is 0 Å². The lowest BCUT2D eigenvalue weighted by Gasteiger charge is -2.26. The molecule has 4 aromatic rings. The summed E-state index contributed by atoms with van der Waals surface area (Å²) in [6, 6.07) is 10.3. The van der Waals surface area contributed by atoms with Crippen LogP contribution in [0.2, 0.25) is 0 Å². The zero-order chi connectivity index (χ0) is 28.4. The summed E-state index contributed by atoms with van der Waals surface area (Å²) >= 11 is 0. The van der Waals surface area contributed by atoms with Gasteiger partial charge in [-0.05, 0) is 68.5 Å². The molecule has 0 bridgehead atoms. The molecule has 0 saturated carbocycles. The van der Waals surface area contributed by atoms with E-state index >= 15 is 0 Å². The molecule has 9 nitrogen and oxygen atoms in total. The Morgan fingerprint density at radius 1 is 1.15 bits per heavy atom. The van der Waals surface area contributed by atoms with Gasteiger partial charge in [0.05, 0.1) is 11.2 Å². The molecular weight excluding hydrogens is 518 g/mol. The molecule has 5 rings (SSSR count). The molecule has 1 amide bonds. The summed E-state index contributed by atoms with van der Waals surface area (Å²) in [6.07, 6.45) is 3.22. The maximum absolute atomic E-state index is 14.7. The first kappa shape index (κ1) is 27.4. The number of amides is 1. The van der Waals surface area contributed by atoms with Gasteiger partial charge in [-0.1, -0.05) is 18.2 Å². The minimum absolute atomic E-state index is 0.196. The molecule has 3 heterocycles. The summed E-state index contributed by atoms with van der Waals surface area (Å²) in [7, 11) is 0. The molecule has 40 heavy (non-hydrogen) atoms. The third kappa shape index (κ3) is 5.21. The van der Waals surface area contributed by atoms with E-state index in [4.69, 9.17) is 10.5 Å². The van der Waals surface area contributed by atoms with Gasteiger partial charge in [-0.15, -0.1) is 0 Å². The number of ether oxygens (including phenoxy) is 1. The third-order valence-corrected chi connectivity index (χ3v) is 7.72. The van der Waals surface area contributed by atoms with Crippen molar-refractivity contribution in [2.45, 2.75) is 57.2 Å². The van der Waals surface area contributed by atoms with Crippen molar-refractivity contribution in [3.05, 3.63) is 93.8 Å². The second-order valence-corrected chi connectivity index (χ2v) is 10.1. The van der Waals surface area contributed by atoms with Crippen LogP contribution in [-0.4, -0.2) is 43.6 Å². The number of nitrogens with one attached hydrogen (secondary N) is 1. The van der Waals surface area contributed by atoms with Gasteiger partial charge in [-0.2, -0.15) is 0 Å². The molecule has 1 aliphatic rings. The Hall–Kier alpha value is -4.12. The fraction of sp³-hybridized carbons (Fsp3) is 0.379. The molecule has 0 saturated heterocycles. The fourth-order valence-electron chi connectivity index (χ4n) is 5.56. The lowest BCUT2D eigenvalue weighted by atomic mass is 9.86. The first-order valence-electron chi connectivity index (χ1n) is 13.4. The smallest absolute Gasteiger partial charge is 0.410 e. The third-order valence-electron chi connectivity index (χ3n) is 7.72. The largest absolute Gasteiger partial charge is 0.440 e. The summed E-state index contributed by atoms with van der Waals surface area (Å²) in [5.41, 5.74) is 8.89. The van der Waals surface area contributed by atoms with Crippen LogP contribution in [0.25, 0.3) is 11.2 Å². The van der Waals surface area contributed by atoms with Gasteiger partial charge in [-0.3, -0.25) is 14.5 Å². The molecule has 1 aliphatic carbocycles. The Balaban J connectivity index is 1.32. The van der Waals surface area contributed by atoms with E-state index in [0.29, 0.717) is 54.8 Å². The number of benzene rings is 1. The van der Waals surface area contributed by atoms with E-state index < -0.39 is 35.8 Å². The first-order chi connectivity index (χ1) is 19.3. The second-order valence-electron chi connectivity index (χ2n) is 10.1. The van der Waals surface area contributed by atoms with Gasteiger partial charge in [0.2, 0.25) is 0 Å². The highest BCUT2D eigenvalue weighted by Crippen LogP contribution is 2.43. The summed E-state index contributed by atoms with van der Waals surface area (Å²) in [4.78, 5) is 38.9. The van der Waals surface area contributed by atoms with Crippen molar-refractivity contribution < 1.29 is 18.3 Å². The van der Waals surface area contributed by atoms with E-state index in [1.165, 1.54) is 6.07 Å². The van der Waals surface area contributed by atoms with Crippen molar-refractivity contribution in [3.63, 3.8) is 0 Å². The number of carbonyl (C=O) groups excluding carboxylic acids is 1. The summed E-state index contributed by atoms with van der Waals surface area (Å²) in [5.74, 6) is -2.36. The topological polar surface area (TPSA) is 119 Å². The van der Waals surface area contributed by atoms with E-state index in [0.717, 1.165) is 6.07 Å². The van der Waals surface area contributed by atoms with E-state index in [1.807, 2.05) is 19.9 Å². The maximum atomic E-state index is 14.7. The highest BCUT2D eigenvalue weighted by Gasteiger charge is 2.35. The van der Waals surface area contributed by atoms with E-state index in [1.54, 1.807) is 46.1 Å². The van der Waals surface area contributed by atoms with Crippen LogP contribution in [0.3, 0.4) is 0 Å². The van der Waals surface area contributed by atoms with Crippen LogP contribution in [0.4, 0.5) is 13.6 Å². The van der Waals surface area contributed by atoms with E-state index in [-0.39, 0.29) is 17.3 Å². The SMILES string of the molecule is CCN(CCC(C)n1c(=O)[nH]c2ncccc21)C(=O)O[C@@H]1CC[C@@H](c2cccc(F)c2F)[C@H](N)c2cccnc21. The number of aromatic nitrogens is 4. The predicted octanol–water partition coefficient (Wildman–Crippen LogP) is 5.13. The zero-order valence-corrected chi connectivity index (χ0v) is 22.4. The van der Waals surface area contributed by atoms with Crippen LogP contribution in [0.15, 0.2) is 59.7 Å². The number of hydrogen-bond acceptors (Lipinski definition) is 6. The van der Waals surface area contributed by atoms with Crippen LogP contribution >= 0.6 is 0 Å². The van der Waals surface area contributed by atoms with Gasteiger partial charge >= 0.3 is 11.8 Å². The molecule has 3 N–H and O–H groups in total. The minimum Gasteiger partial charge on any atom is -0.440 e. The molecule has 0 fully saturated rings. The highest BCUT2D eigenvalue weighted by molar-refractivity contribution is 5.70. The highest BCUT2D eigenvalue weighted by atomic mass is 19.2. The lowest BCUT2D eigenvalue weighted by molar-refractivity contribution is 0.0559. The quantitative estimate of drug-likeness (QED) is 0.308. The number of fused-ring (bicyclic) bond motifs is 2. The van der Waals surface area contributed by atoms with Crippen LogP contribution < -0.4 is 11.4 Å². The maximum Gasteiger partial charge on any atom is 0.410 e. The number of rotatable bonds is 7. The first-order valence-corrected chi connectivity index (χ1v) is 13.4. The summed E-state index contributed by atoms with van der Waals surface area (Å²) in [6.45, 7) is 4.52. The lowest BCUT2D eigenvalue weighted by Crippen LogP contribution is -2.35. The molecule has 210 valence electrons. The summed E-state index contributed by atoms with van der Waals surface area (Å²) < 4.78 is 36.4. The van der Waals surface area contributed by atoms with Gasteiger partial charge in [0.25, 0.3) is 0 Å². The van der Waals surface area contributed by atoms with Gasteiger partial charge in [-0.25, -0.2) is 23.4 Å². The predicted molar refractivity (Wildman–Crippen MR) is 146 cm³/mol. The molecule has 11 heteroatoms. The van der Waals surface area contributed by atoms with Crippen LogP contribution in [0, 0.1) is 11.6 Å². The Bertz CT molecular complexity index is 1570. The average molecular weight is 551 g/mol. The van der Waals surface area contributed by atoms with Gasteiger partial charge < -0.3 is 15.4 Å². The van der Waals surface area contributed by atoms with Gasteiger partial charge in [0.15, 0.2) is 17.3 Å². The molecule has 1 unspecified atom stereocenters. The standard InChI is InChI=1S/C29H32F2N6O3/c1-3-36(16-13-17(2)37-22-10-6-15-34-27(22)35-28(37)38)29(39)40-23-12-11-19(18-7-4-9-21(30)24(18)31)25(32)20-8-5-14-33-26(20)23/h4-10,14-15,17,19,23,25H,3,11-13,16,32H2,1-2H3,(H,34,35,38)/t17?,19-,23+,25-/m0/s1. The Kier molecular flexibility index (Phi) is 7.92. The molecule has 0 spiro atoms. The fourth-order valence-corrected chi connectivity index (χ4v) is 5.56. The number of H-pyrrole nitrogens is 1. The van der Waals surface area contributed by atoms with Crippen LogP contribution in [-0.2, 0) is 4.74 Å². The number of halogens is 2. The molecule has 0 radical (unpaired) electrons. The van der Waals surface area contributed by atoms with Crippen molar-refractivity contribution in [2.75, 3.05) is 13.1 Å². The van der Waals surface area contributed by atoms with Crippen molar-refractivity contribution in [3.8, 4) is 0 Å². The number of imidazole rings is 1. The van der Waals surface area contributed by atoms with E-state index in [9.17, 15) is 18.4 Å². The Morgan fingerprint density at radius 3 is 2.70 bits per heavy atom. The number of nitrogens with two attached hydrogens (primary N) is 1. The normalized spacial score (nSPS) is 19.6. The number of pyridine rings is 2. The van der Waals surface area contributed by atoms with Crippen molar-refractivity contribution in [1.82, 2.24) is 24.4 Å². The van der Waals surface area contributed by atoms with Gasteiger partial charge in [0, 0.05) is 43.5 Å². The van der Waals surface area contributed by atoms with Gasteiger partial charge in [0.1, 0.15) is 6.10 Å². The molecular formula is C29H32F2N6O3.